The summed E-state index contributed by atoms with van der Waals surface area (Å²) < 4.78 is 5.42. The lowest BCUT2D eigenvalue weighted by Gasteiger charge is -2.08. The molecule has 158 valence electrons. The van der Waals surface area contributed by atoms with Gasteiger partial charge in [-0.2, -0.15) is 0 Å². The second-order valence-electron chi connectivity index (χ2n) is 7.98. The topological polar surface area (TPSA) is 52.1 Å². The summed E-state index contributed by atoms with van der Waals surface area (Å²) in [6.45, 7) is 6.53. The third-order valence-corrected chi connectivity index (χ3v) is 5.41. The molecule has 0 spiro atoms. The molecule has 0 radical (unpaired) electrons. The van der Waals surface area contributed by atoms with Crippen molar-refractivity contribution < 1.29 is 9.53 Å². The molecule has 4 nitrogen and oxygen atoms in total. The Hall–Kier alpha value is -2.23. The van der Waals surface area contributed by atoms with Crippen molar-refractivity contribution in [1.29, 1.82) is 0 Å². The predicted octanol–water partition coefficient (Wildman–Crippen LogP) is 6.78. The van der Waals surface area contributed by atoms with E-state index in [0.29, 0.717) is 23.9 Å². The molecule has 1 heterocycles. The normalized spacial score (nSPS) is 12.0. The fourth-order valence-electron chi connectivity index (χ4n) is 3.17. The summed E-state index contributed by atoms with van der Waals surface area (Å²) in [6.07, 6.45) is 15.1. The van der Waals surface area contributed by atoms with E-state index in [9.17, 15) is 4.79 Å². The van der Waals surface area contributed by atoms with Gasteiger partial charge in [0.15, 0.2) is 5.82 Å². The number of rotatable bonds is 13. The lowest BCUT2D eigenvalue weighted by atomic mass is 10.0. The quantitative estimate of drug-likeness (QED) is 0.213. The van der Waals surface area contributed by atoms with Crippen LogP contribution in [0.4, 0.5) is 0 Å². The van der Waals surface area contributed by atoms with E-state index in [4.69, 9.17) is 4.74 Å². The molecule has 0 saturated heterocycles. The number of aryl methyl sites for hydroxylation is 1. The molecule has 1 aromatic carbocycles. The highest BCUT2D eigenvalue weighted by molar-refractivity contribution is 5.72. The van der Waals surface area contributed by atoms with Crippen LogP contribution in [0.25, 0.3) is 11.4 Å². The first kappa shape index (κ1) is 23.1. The molecule has 1 atom stereocenters. The Labute approximate surface area is 176 Å². The van der Waals surface area contributed by atoms with Crippen molar-refractivity contribution in [3.8, 4) is 17.1 Å². The van der Waals surface area contributed by atoms with Crippen LogP contribution in [0.2, 0.25) is 0 Å². The number of benzene rings is 1. The van der Waals surface area contributed by atoms with Crippen LogP contribution in [0, 0.1) is 5.92 Å². The van der Waals surface area contributed by atoms with Gasteiger partial charge in [-0.15, -0.1) is 0 Å². The number of aromatic nitrogens is 2. The van der Waals surface area contributed by atoms with Crippen molar-refractivity contribution >= 4 is 5.97 Å². The van der Waals surface area contributed by atoms with Gasteiger partial charge in [-0.05, 0) is 55.0 Å². The van der Waals surface area contributed by atoms with Crippen molar-refractivity contribution in [3.05, 3.63) is 42.2 Å². The Morgan fingerprint density at radius 1 is 0.966 bits per heavy atom. The Kier molecular flexibility index (Phi) is 10.4. The van der Waals surface area contributed by atoms with Crippen LogP contribution in [0.5, 0.6) is 5.75 Å². The molecule has 0 amide bonds. The van der Waals surface area contributed by atoms with Gasteiger partial charge >= 0.3 is 5.97 Å². The molecule has 0 N–H and O–H groups in total. The van der Waals surface area contributed by atoms with E-state index in [1.54, 1.807) is 0 Å². The molecule has 1 unspecified atom stereocenters. The van der Waals surface area contributed by atoms with Gasteiger partial charge in [-0.25, -0.2) is 9.97 Å². The van der Waals surface area contributed by atoms with E-state index in [1.807, 2.05) is 36.7 Å². The van der Waals surface area contributed by atoms with E-state index in [0.717, 1.165) is 24.8 Å². The zero-order valence-corrected chi connectivity index (χ0v) is 18.3. The molecule has 0 aliphatic carbocycles. The summed E-state index contributed by atoms with van der Waals surface area (Å²) in [5, 5.41) is 0. The molecule has 0 fully saturated rings. The zero-order chi connectivity index (χ0) is 20.9. The third kappa shape index (κ3) is 8.76. The number of carbonyl (C=O) groups is 1. The Balaban J connectivity index is 1.79. The Morgan fingerprint density at radius 3 is 2.28 bits per heavy atom. The first-order valence-corrected chi connectivity index (χ1v) is 11.2. The fraction of sp³-hybridized carbons (Fsp3) is 0.560. The van der Waals surface area contributed by atoms with Gasteiger partial charge in [0, 0.05) is 24.4 Å². The number of ether oxygens (including phenoxy) is 1. The second-order valence-corrected chi connectivity index (χ2v) is 7.98. The highest BCUT2D eigenvalue weighted by Gasteiger charge is 2.09. The summed E-state index contributed by atoms with van der Waals surface area (Å²) in [5.74, 6) is 1.65. The highest BCUT2D eigenvalue weighted by Crippen LogP contribution is 2.20. The van der Waals surface area contributed by atoms with E-state index < -0.39 is 0 Å². The Bertz CT molecular complexity index is 711. The molecule has 2 aromatic rings. The van der Waals surface area contributed by atoms with Crippen LogP contribution in [-0.4, -0.2) is 15.9 Å². The van der Waals surface area contributed by atoms with Crippen LogP contribution in [0.1, 0.15) is 84.1 Å². The number of esters is 1. The molecule has 1 aromatic heterocycles. The van der Waals surface area contributed by atoms with E-state index in [2.05, 4.69) is 30.7 Å². The number of carbonyl (C=O) groups excluding carboxylic acids is 1. The molecule has 2 rings (SSSR count). The maximum atomic E-state index is 11.9. The average Bonchev–Trinajstić information content (AvgIpc) is 2.75. The van der Waals surface area contributed by atoms with Crippen molar-refractivity contribution in [2.75, 3.05) is 0 Å². The third-order valence-electron chi connectivity index (χ3n) is 5.41. The number of nitrogens with zero attached hydrogens (tertiary/aromatic N) is 2. The van der Waals surface area contributed by atoms with Gasteiger partial charge in [0.05, 0.1) is 0 Å². The summed E-state index contributed by atoms with van der Waals surface area (Å²) in [5.41, 5.74) is 2.12. The largest absolute Gasteiger partial charge is 0.427 e. The first-order chi connectivity index (χ1) is 14.1. The van der Waals surface area contributed by atoms with Gasteiger partial charge in [-0.1, -0.05) is 59.3 Å². The monoisotopic (exact) mass is 396 g/mol. The van der Waals surface area contributed by atoms with Crippen molar-refractivity contribution in [1.82, 2.24) is 9.97 Å². The maximum Gasteiger partial charge on any atom is 0.311 e. The zero-order valence-electron chi connectivity index (χ0n) is 18.3. The fourth-order valence-corrected chi connectivity index (χ4v) is 3.17. The second kappa shape index (κ2) is 13.1. The highest BCUT2D eigenvalue weighted by atomic mass is 16.5. The minimum Gasteiger partial charge on any atom is -0.427 e. The average molecular weight is 397 g/mol. The number of hydrogen-bond acceptors (Lipinski definition) is 4. The van der Waals surface area contributed by atoms with Gasteiger partial charge in [0.2, 0.25) is 0 Å². The van der Waals surface area contributed by atoms with E-state index in [-0.39, 0.29) is 5.97 Å². The summed E-state index contributed by atoms with van der Waals surface area (Å²) in [6, 6.07) is 7.42. The smallest absolute Gasteiger partial charge is 0.311 e. The molecule has 29 heavy (non-hydrogen) atoms. The molecule has 4 heteroatoms. The summed E-state index contributed by atoms with van der Waals surface area (Å²) in [7, 11) is 0. The van der Waals surface area contributed by atoms with E-state index >= 15 is 0 Å². The number of unbranched alkanes of at least 4 members (excludes halogenated alkanes) is 5. The van der Waals surface area contributed by atoms with Crippen molar-refractivity contribution in [3.63, 3.8) is 0 Å². The van der Waals surface area contributed by atoms with Gasteiger partial charge in [0.1, 0.15) is 5.75 Å². The van der Waals surface area contributed by atoms with Gasteiger partial charge in [0.25, 0.3) is 0 Å². The van der Waals surface area contributed by atoms with Gasteiger partial charge < -0.3 is 4.74 Å². The molecule has 0 aliphatic heterocycles. The molecule has 0 bridgehead atoms. The number of hydrogen-bond donors (Lipinski definition) is 0. The molecular weight excluding hydrogens is 360 g/mol. The lowest BCUT2D eigenvalue weighted by molar-refractivity contribution is -0.134. The van der Waals surface area contributed by atoms with Crippen LogP contribution in [0.15, 0.2) is 36.7 Å². The first-order valence-electron chi connectivity index (χ1n) is 11.2. The van der Waals surface area contributed by atoms with Crippen LogP contribution >= 0.6 is 0 Å². The summed E-state index contributed by atoms with van der Waals surface area (Å²) in [4.78, 5) is 21.0. The molecule has 0 aliphatic rings. The standard InChI is InChI=1S/C25H36N2O2/c1-4-6-7-8-9-10-11-21-18-26-25(27-19-21)22-13-15-23(16-14-22)29-24(28)17-12-20(3)5-2/h13-16,18-20H,4-12,17H2,1-3H3. The van der Waals surface area contributed by atoms with E-state index in [1.165, 1.54) is 44.1 Å². The maximum absolute atomic E-state index is 11.9. The van der Waals surface area contributed by atoms with Gasteiger partial charge in [-0.3, -0.25) is 4.79 Å². The van der Waals surface area contributed by atoms with Crippen molar-refractivity contribution in [2.45, 2.75) is 85.0 Å². The van der Waals surface area contributed by atoms with Crippen molar-refractivity contribution in [2.24, 2.45) is 5.92 Å². The minimum absolute atomic E-state index is 0.173. The molecule has 0 saturated carbocycles. The minimum atomic E-state index is -0.173. The van der Waals surface area contributed by atoms with Crippen LogP contribution < -0.4 is 4.74 Å². The summed E-state index contributed by atoms with van der Waals surface area (Å²) >= 11 is 0. The van der Waals surface area contributed by atoms with Crippen LogP contribution in [0.3, 0.4) is 0 Å². The predicted molar refractivity (Wildman–Crippen MR) is 119 cm³/mol. The van der Waals surface area contributed by atoms with Crippen LogP contribution in [-0.2, 0) is 11.2 Å². The lowest BCUT2D eigenvalue weighted by Crippen LogP contribution is -2.09. The SMILES string of the molecule is CCCCCCCCc1cnc(-c2ccc(OC(=O)CCC(C)CC)cc2)nc1. The Morgan fingerprint density at radius 2 is 1.62 bits per heavy atom. The molecular formula is C25H36N2O2.